The highest BCUT2D eigenvalue weighted by atomic mass is 32.2. The van der Waals surface area contributed by atoms with Crippen molar-refractivity contribution in [2.45, 2.75) is 36.4 Å². The molecule has 2 heterocycles. The second kappa shape index (κ2) is 6.66. The first-order valence-corrected chi connectivity index (χ1v) is 9.42. The van der Waals surface area contributed by atoms with Gasteiger partial charge in [-0.05, 0) is 31.0 Å². The van der Waals surface area contributed by atoms with E-state index in [0.717, 1.165) is 16.8 Å². The van der Waals surface area contributed by atoms with Gasteiger partial charge in [0.1, 0.15) is 5.82 Å². The van der Waals surface area contributed by atoms with E-state index in [4.69, 9.17) is 0 Å². The summed E-state index contributed by atoms with van der Waals surface area (Å²) in [5, 5.41) is 4.02. The number of nitrogens with zero attached hydrogens (tertiary/aromatic N) is 3. The number of hydrogen-bond donors (Lipinski definition) is 0. The number of halogens is 4. The summed E-state index contributed by atoms with van der Waals surface area (Å²) in [5.41, 5.74) is -0.876. The van der Waals surface area contributed by atoms with Gasteiger partial charge in [0, 0.05) is 25.4 Å². The number of piperidine rings is 1. The van der Waals surface area contributed by atoms with E-state index >= 15 is 0 Å². The minimum Gasteiger partial charge on any atom is -0.275 e. The molecule has 142 valence electrons. The highest BCUT2D eigenvalue weighted by Gasteiger charge is 2.42. The van der Waals surface area contributed by atoms with Crippen LogP contribution < -0.4 is 0 Å². The van der Waals surface area contributed by atoms with Gasteiger partial charge >= 0.3 is 6.18 Å². The van der Waals surface area contributed by atoms with Gasteiger partial charge in [-0.1, -0.05) is 6.42 Å². The van der Waals surface area contributed by atoms with Crippen LogP contribution in [0.4, 0.5) is 17.6 Å². The zero-order valence-corrected chi connectivity index (χ0v) is 14.7. The van der Waals surface area contributed by atoms with Crippen LogP contribution in [-0.2, 0) is 23.2 Å². The first-order chi connectivity index (χ1) is 12.1. The zero-order valence-electron chi connectivity index (χ0n) is 13.9. The molecule has 0 amide bonds. The quantitative estimate of drug-likeness (QED) is 0.753. The van der Waals surface area contributed by atoms with Gasteiger partial charge in [0.25, 0.3) is 0 Å². The molecule has 26 heavy (non-hydrogen) atoms. The minimum absolute atomic E-state index is 0.0938. The highest BCUT2D eigenvalue weighted by molar-refractivity contribution is 7.89. The smallest absolute Gasteiger partial charge is 0.275 e. The van der Waals surface area contributed by atoms with Gasteiger partial charge in [0.15, 0.2) is 0 Å². The van der Waals surface area contributed by atoms with Crippen molar-refractivity contribution in [1.82, 2.24) is 14.1 Å². The molecule has 3 rings (SSSR count). The Morgan fingerprint density at radius 3 is 2.58 bits per heavy atom. The van der Waals surface area contributed by atoms with Gasteiger partial charge in [-0.25, -0.2) is 12.8 Å². The molecule has 0 saturated carbocycles. The number of benzene rings is 1. The maximum absolute atomic E-state index is 13.3. The molecule has 0 N–H and O–H groups in total. The second-order valence-electron chi connectivity index (χ2n) is 6.21. The fraction of sp³-hybridized carbons (Fsp3) is 0.438. The summed E-state index contributed by atoms with van der Waals surface area (Å²) in [6.45, 7) is 0.0938. The van der Waals surface area contributed by atoms with E-state index in [0.29, 0.717) is 24.5 Å². The predicted molar refractivity (Wildman–Crippen MR) is 85.1 cm³/mol. The first-order valence-electron chi connectivity index (χ1n) is 7.98. The van der Waals surface area contributed by atoms with E-state index < -0.39 is 38.5 Å². The summed E-state index contributed by atoms with van der Waals surface area (Å²) in [5.74, 6) is -1.14. The minimum atomic E-state index is -4.98. The van der Waals surface area contributed by atoms with E-state index in [9.17, 15) is 26.0 Å². The predicted octanol–water partition coefficient (Wildman–Crippen LogP) is 3.49. The SMILES string of the molecule is Cn1cc(C2CCCCN2S(=O)(=O)c2ccc(F)cc2C(F)(F)F)cn1. The Labute approximate surface area is 148 Å². The summed E-state index contributed by atoms with van der Waals surface area (Å²) < 4.78 is 81.8. The lowest BCUT2D eigenvalue weighted by atomic mass is 10.0. The molecule has 0 spiro atoms. The molecule has 1 aliphatic heterocycles. The molecule has 1 saturated heterocycles. The van der Waals surface area contributed by atoms with Crippen molar-refractivity contribution in [2.75, 3.05) is 6.54 Å². The van der Waals surface area contributed by atoms with Crippen molar-refractivity contribution >= 4 is 10.0 Å². The molecule has 1 aromatic carbocycles. The number of aromatic nitrogens is 2. The lowest BCUT2D eigenvalue weighted by molar-refractivity contribution is -0.140. The van der Waals surface area contributed by atoms with Crippen LogP contribution in [0, 0.1) is 5.82 Å². The highest BCUT2D eigenvalue weighted by Crippen LogP contribution is 2.40. The van der Waals surface area contributed by atoms with Crippen LogP contribution in [0.25, 0.3) is 0 Å². The van der Waals surface area contributed by atoms with Crippen LogP contribution in [0.5, 0.6) is 0 Å². The number of sulfonamides is 1. The van der Waals surface area contributed by atoms with Crippen LogP contribution in [0.2, 0.25) is 0 Å². The maximum atomic E-state index is 13.3. The van der Waals surface area contributed by atoms with E-state index in [1.54, 1.807) is 13.2 Å². The van der Waals surface area contributed by atoms with Gasteiger partial charge in [0.05, 0.1) is 22.7 Å². The van der Waals surface area contributed by atoms with Crippen molar-refractivity contribution < 1.29 is 26.0 Å². The van der Waals surface area contributed by atoms with E-state index in [-0.39, 0.29) is 12.6 Å². The van der Waals surface area contributed by atoms with Gasteiger partial charge in [0.2, 0.25) is 10.0 Å². The Bertz CT molecular complexity index is 908. The summed E-state index contributed by atoms with van der Waals surface area (Å²) in [4.78, 5) is -0.929. The van der Waals surface area contributed by atoms with Crippen molar-refractivity contribution in [3.05, 3.63) is 47.5 Å². The van der Waals surface area contributed by atoms with Crippen molar-refractivity contribution in [2.24, 2.45) is 7.05 Å². The topological polar surface area (TPSA) is 55.2 Å². The van der Waals surface area contributed by atoms with Gasteiger partial charge in [-0.15, -0.1) is 0 Å². The standard InChI is InChI=1S/C16H17F4N3O2S/c1-22-10-11(9-21-22)14-4-2-3-7-23(14)26(24,25)15-6-5-12(17)8-13(15)16(18,19)20/h5-6,8-10,14H,2-4,7H2,1H3. The molecule has 10 heteroatoms. The zero-order chi connectivity index (χ0) is 19.1. The van der Waals surface area contributed by atoms with E-state index in [1.165, 1.54) is 10.9 Å². The Balaban J connectivity index is 2.09. The molecule has 0 radical (unpaired) electrons. The summed E-state index contributed by atoms with van der Waals surface area (Å²) in [7, 11) is -2.80. The number of aryl methyl sites for hydroxylation is 1. The van der Waals surface area contributed by atoms with Crippen molar-refractivity contribution in [1.29, 1.82) is 0 Å². The Hall–Kier alpha value is -1.94. The third-order valence-corrected chi connectivity index (χ3v) is 6.36. The summed E-state index contributed by atoms with van der Waals surface area (Å²) in [6.07, 6.45) is -0.0566. The Morgan fingerprint density at radius 1 is 1.23 bits per heavy atom. The van der Waals surface area contributed by atoms with Gasteiger partial charge in [-0.3, -0.25) is 4.68 Å². The number of alkyl halides is 3. The molecular weight excluding hydrogens is 374 g/mol. The van der Waals surface area contributed by atoms with Crippen LogP contribution in [0.3, 0.4) is 0 Å². The van der Waals surface area contributed by atoms with Crippen molar-refractivity contribution in [3.63, 3.8) is 0 Å². The first kappa shape index (κ1) is 18.8. The molecule has 0 bridgehead atoms. The third kappa shape index (κ3) is 3.48. The fourth-order valence-corrected chi connectivity index (χ4v) is 5.09. The molecule has 0 aliphatic carbocycles. The largest absolute Gasteiger partial charge is 0.417 e. The Morgan fingerprint density at radius 2 is 1.96 bits per heavy atom. The summed E-state index contributed by atoms with van der Waals surface area (Å²) in [6, 6.07) is 1.03. The summed E-state index contributed by atoms with van der Waals surface area (Å²) >= 11 is 0. The van der Waals surface area contributed by atoms with Crippen molar-refractivity contribution in [3.8, 4) is 0 Å². The molecule has 1 aromatic heterocycles. The van der Waals surface area contributed by atoms with E-state index in [1.807, 2.05) is 0 Å². The molecule has 5 nitrogen and oxygen atoms in total. The molecule has 1 fully saturated rings. The fourth-order valence-electron chi connectivity index (χ4n) is 3.21. The Kier molecular flexibility index (Phi) is 4.82. The maximum Gasteiger partial charge on any atom is 0.417 e. The van der Waals surface area contributed by atoms with Crippen LogP contribution in [0.15, 0.2) is 35.5 Å². The van der Waals surface area contributed by atoms with Crippen LogP contribution >= 0.6 is 0 Å². The monoisotopic (exact) mass is 391 g/mol. The average molecular weight is 391 g/mol. The lowest BCUT2D eigenvalue weighted by Crippen LogP contribution is -2.39. The van der Waals surface area contributed by atoms with E-state index in [2.05, 4.69) is 5.10 Å². The normalized spacial score (nSPS) is 19.7. The third-order valence-electron chi connectivity index (χ3n) is 4.40. The number of hydrogen-bond acceptors (Lipinski definition) is 3. The van der Waals surface area contributed by atoms with Gasteiger partial charge in [-0.2, -0.15) is 22.6 Å². The molecule has 1 unspecified atom stereocenters. The molecule has 1 aliphatic rings. The molecule has 1 atom stereocenters. The van der Waals surface area contributed by atoms with Gasteiger partial charge < -0.3 is 0 Å². The van der Waals surface area contributed by atoms with Crippen LogP contribution in [-0.4, -0.2) is 29.0 Å². The second-order valence-corrected chi connectivity index (χ2v) is 8.07. The average Bonchev–Trinajstić information content (AvgIpc) is 3.00. The lowest BCUT2D eigenvalue weighted by Gasteiger charge is -2.34. The number of rotatable bonds is 3. The molecule has 2 aromatic rings. The molecular formula is C16H17F4N3O2S. The van der Waals surface area contributed by atoms with Crippen LogP contribution in [0.1, 0.15) is 36.4 Å².